The first-order valence-corrected chi connectivity index (χ1v) is 12.6. The number of oxazole rings is 1. The molecule has 2 fully saturated rings. The number of aromatic nitrogens is 3. The normalized spacial score (nSPS) is 16.7. The molecule has 3 aromatic rings. The molecule has 0 bridgehead atoms. The minimum atomic E-state index is -0.528. The number of nitrogens with zero attached hydrogens (tertiary/aromatic N) is 4. The van der Waals surface area contributed by atoms with Crippen molar-refractivity contribution in [3.05, 3.63) is 48.2 Å². The van der Waals surface area contributed by atoms with E-state index in [1.807, 2.05) is 20.8 Å². The lowest BCUT2D eigenvalue weighted by molar-refractivity contribution is 0.0199. The molecule has 3 heterocycles. The van der Waals surface area contributed by atoms with Gasteiger partial charge in [0.2, 0.25) is 5.95 Å². The third kappa shape index (κ3) is 5.83. The number of nitrogens with one attached hydrogen (secondary N) is 1. The summed E-state index contributed by atoms with van der Waals surface area (Å²) in [6.07, 6.45) is 5.29. The Kier molecular flexibility index (Phi) is 6.64. The van der Waals surface area contributed by atoms with E-state index in [9.17, 15) is 9.18 Å². The molecule has 1 saturated carbocycles. The Morgan fingerprint density at radius 3 is 2.50 bits per heavy atom. The average molecular weight is 494 g/mol. The molecule has 0 radical (unpaired) electrons. The smallest absolute Gasteiger partial charge is 0.410 e. The maximum Gasteiger partial charge on any atom is 0.410 e. The van der Waals surface area contributed by atoms with Gasteiger partial charge in [-0.2, -0.15) is 0 Å². The van der Waals surface area contributed by atoms with Crippen molar-refractivity contribution >= 4 is 12.0 Å². The molecule has 0 unspecified atom stereocenters. The Morgan fingerprint density at radius 1 is 1.11 bits per heavy atom. The van der Waals surface area contributed by atoms with E-state index in [0.717, 1.165) is 12.1 Å². The number of hydrogen-bond donors (Lipinski definition) is 1. The van der Waals surface area contributed by atoms with E-state index < -0.39 is 5.60 Å². The SMILES string of the molecule is CC(C)(C)OC(=O)N1CCC(c2nc(-c3ccc(F)cc3)c(-c3ccnc(NCC4CC4)n3)o2)CC1. The van der Waals surface area contributed by atoms with E-state index >= 15 is 0 Å². The first-order valence-electron chi connectivity index (χ1n) is 12.6. The van der Waals surface area contributed by atoms with Crippen LogP contribution in [0.2, 0.25) is 0 Å². The molecule has 5 rings (SSSR count). The zero-order chi connectivity index (χ0) is 25.3. The fourth-order valence-corrected chi connectivity index (χ4v) is 4.25. The van der Waals surface area contributed by atoms with Crippen LogP contribution in [-0.2, 0) is 4.74 Å². The summed E-state index contributed by atoms with van der Waals surface area (Å²) in [6.45, 7) is 7.57. The van der Waals surface area contributed by atoms with Gasteiger partial charge in [-0.25, -0.2) is 24.1 Å². The second-order valence-corrected chi connectivity index (χ2v) is 10.6. The summed E-state index contributed by atoms with van der Waals surface area (Å²) in [5, 5.41) is 3.30. The second kappa shape index (κ2) is 9.87. The molecule has 1 N–H and O–H groups in total. The van der Waals surface area contributed by atoms with Crippen LogP contribution in [0.15, 0.2) is 40.9 Å². The molecule has 0 atom stereocenters. The van der Waals surface area contributed by atoms with E-state index in [4.69, 9.17) is 14.1 Å². The molecule has 2 aromatic heterocycles. The summed E-state index contributed by atoms with van der Waals surface area (Å²) in [4.78, 5) is 28.1. The van der Waals surface area contributed by atoms with Crippen molar-refractivity contribution in [1.82, 2.24) is 19.9 Å². The van der Waals surface area contributed by atoms with Crippen LogP contribution in [0.5, 0.6) is 0 Å². The molecular formula is C27H32FN5O3. The number of anilines is 1. The second-order valence-electron chi connectivity index (χ2n) is 10.6. The van der Waals surface area contributed by atoms with E-state index in [2.05, 4.69) is 15.3 Å². The van der Waals surface area contributed by atoms with Gasteiger partial charge in [0.05, 0.1) is 0 Å². The lowest BCUT2D eigenvalue weighted by Gasteiger charge is -2.32. The Morgan fingerprint density at radius 2 is 1.83 bits per heavy atom. The van der Waals surface area contributed by atoms with E-state index in [1.165, 1.54) is 25.0 Å². The number of halogens is 1. The Hall–Kier alpha value is -3.49. The molecule has 1 amide bonds. The quantitative estimate of drug-likeness (QED) is 0.459. The van der Waals surface area contributed by atoms with Crippen molar-refractivity contribution < 1.29 is 18.3 Å². The van der Waals surface area contributed by atoms with Gasteiger partial charge >= 0.3 is 6.09 Å². The number of benzene rings is 1. The minimum Gasteiger partial charge on any atom is -0.444 e. The zero-order valence-corrected chi connectivity index (χ0v) is 21.0. The first kappa shape index (κ1) is 24.2. The summed E-state index contributed by atoms with van der Waals surface area (Å²) in [6, 6.07) is 8.01. The van der Waals surface area contributed by atoms with Gasteiger partial charge < -0.3 is 19.4 Å². The number of piperidine rings is 1. The number of likely N-dealkylation sites (tertiary alicyclic amines) is 1. The predicted molar refractivity (Wildman–Crippen MR) is 134 cm³/mol. The Labute approximate surface area is 210 Å². The number of carbonyl (C=O) groups is 1. The number of amides is 1. The molecule has 2 aliphatic rings. The maximum absolute atomic E-state index is 13.6. The van der Waals surface area contributed by atoms with Crippen molar-refractivity contribution in [2.24, 2.45) is 5.92 Å². The highest BCUT2D eigenvalue weighted by Crippen LogP contribution is 2.37. The number of hydrogen-bond acceptors (Lipinski definition) is 7. The van der Waals surface area contributed by atoms with Gasteiger partial charge in [-0.3, -0.25) is 0 Å². The average Bonchev–Trinajstić information content (AvgIpc) is 3.58. The molecule has 8 nitrogen and oxygen atoms in total. The van der Waals surface area contributed by atoms with Crippen molar-refractivity contribution in [1.29, 1.82) is 0 Å². The van der Waals surface area contributed by atoms with Gasteiger partial charge in [-0.05, 0) is 82.7 Å². The monoisotopic (exact) mass is 493 g/mol. The number of rotatable bonds is 6. The minimum absolute atomic E-state index is 0.0472. The molecule has 1 aliphatic carbocycles. The summed E-state index contributed by atoms with van der Waals surface area (Å²) < 4.78 is 25.5. The van der Waals surface area contributed by atoms with Gasteiger partial charge in [0.25, 0.3) is 0 Å². The van der Waals surface area contributed by atoms with Crippen LogP contribution in [0.1, 0.15) is 58.3 Å². The van der Waals surface area contributed by atoms with E-state index in [0.29, 0.717) is 60.8 Å². The van der Waals surface area contributed by atoms with Crippen LogP contribution in [0.4, 0.5) is 15.1 Å². The molecule has 1 saturated heterocycles. The topological polar surface area (TPSA) is 93.4 Å². The lowest BCUT2D eigenvalue weighted by Crippen LogP contribution is -2.41. The maximum atomic E-state index is 13.6. The van der Waals surface area contributed by atoms with Gasteiger partial charge in [0.1, 0.15) is 22.8 Å². The summed E-state index contributed by atoms with van der Waals surface area (Å²) >= 11 is 0. The molecule has 9 heteroatoms. The zero-order valence-electron chi connectivity index (χ0n) is 21.0. The summed E-state index contributed by atoms with van der Waals surface area (Å²) in [5.74, 6) is 2.10. The number of ether oxygens (including phenoxy) is 1. The largest absolute Gasteiger partial charge is 0.444 e. The fourth-order valence-electron chi connectivity index (χ4n) is 4.25. The van der Waals surface area contributed by atoms with Crippen molar-refractivity contribution in [2.45, 2.75) is 58.0 Å². The number of carbonyl (C=O) groups excluding carboxylic acids is 1. The van der Waals surface area contributed by atoms with Crippen molar-refractivity contribution in [2.75, 3.05) is 25.0 Å². The molecule has 36 heavy (non-hydrogen) atoms. The molecular weight excluding hydrogens is 461 g/mol. The van der Waals surface area contributed by atoms with Crippen LogP contribution in [-0.4, -0.2) is 51.2 Å². The first-order chi connectivity index (χ1) is 17.2. The highest BCUT2D eigenvalue weighted by atomic mass is 19.1. The van der Waals surface area contributed by atoms with Crippen molar-refractivity contribution in [3.63, 3.8) is 0 Å². The highest BCUT2D eigenvalue weighted by Gasteiger charge is 2.31. The van der Waals surface area contributed by atoms with Gasteiger partial charge in [-0.15, -0.1) is 0 Å². The molecule has 1 aromatic carbocycles. The van der Waals surface area contributed by atoms with E-state index in [1.54, 1.807) is 29.3 Å². The summed E-state index contributed by atoms with van der Waals surface area (Å²) in [7, 11) is 0. The van der Waals surface area contributed by atoms with Crippen LogP contribution in [0, 0.1) is 11.7 Å². The molecule has 1 aliphatic heterocycles. The third-order valence-corrected chi connectivity index (χ3v) is 6.39. The van der Waals surface area contributed by atoms with Crippen LogP contribution in [0.25, 0.3) is 22.7 Å². The van der Waals surface area contributed by atoms with Gasteiger partial charge in [0.15, 0.2) is 11.7 Å². The van der Waals surface area contributed by atoms with Crippen LogP contribution >= 0.6 is 0 Å². The lowest BCUT2D eigenvalue weighted by atomic mass is 9.97. The van der Waals surface area contributed by atoms with Crippen molar-refractivity contribution in [3.8, 4) is 22.7 Å². The molecule has 190 valence electrons. The highest BCUT2D eigenvalue weighted by molar-refractivity contribution is 5.75. The molecule has 0 spiro atoms. The van der Waals surface area contributed by atoms with Crippen LogP contribution in [0.3, 0.4) is 0 Å². The third-order valence-electron chi connectivity index (χ3n) is 6.39. The Balaban J connectivity index is 1.39. The Bertz CT molecular complexity index is 1210. The van der Waals surface area contributed by atoms with Gasteiger partial charge in [-0.1, -0.05) is 0 Å². The standard InChI is InChI=1S/C27H32FN5O3/c1-27(2,3)36-26(34)33-14-11-19(12-15-33)24-32-22(18-6-8-20(28)9-7-18)23(35-24)21-10-13-29-25(31-21)30-16-17-4-5-17/h6-10,13,17,19H,4-5,11-12,14-16H2,1-3H3,(H,29,30,31). The van der Waals surface area contributed by atoms with Crippen LogP contribution < -0.4 is 5.32 Å². The van der Waals surface area contributed by atoms with E-state index in [-0.39, 0.29) is 17.8 Å². The predicted octanol–water partition coefficient (Wildman–Crippen LogP) is 5.87. The van der Waals surface area contributed by atoms with Gasteiger partial charge in [0, 0.05) is 37.3 Å². The summed E-state index contributed by atoms with van der Waals surface area (Å²) in [5.41, 5.74) is 1.46. The fraction of sp³-hybridized carbons (Fsp3) is 0.481.